The lowest BCUT2D eigenvalue weighted by Gasteiger charge is -2.15. The normalized spacial score (nSPS) is 16.9. The molecule has 1 fully saturated rings. The fourth-order valence-electron chi connectivity index (χ4n) is 1.99. The zero-order valence-corrected chi connectivity index (χ0v) is 9.28. The van der Waals surface area contributed by atoms with Gasteiger partial charge in [-0.05, 0) is 31.4 Å². The first kappa shape index (κ1) is 10.8. The van der Waals surface area contributed by atoms with Crippen LogP contribution in [0.4, 0.5) is 0 Å². The first-order valence-corrected chi connectivity index (χ1v) is 5.13. The smallest absolute Gasteiger partial charge is 0.314 e. The van der Waals surface area contributed by atoms with Gasteiger partial charge in [0.1, 0.15) is 0 Å². The summed E-state index contributed by atoms with van der Waals surface area (Å²) in [6.07, 6.45) is 1.14. The van der Waals surface area contributed by atoms with E-state index in [0.29, 0.717) is 24.2 Å². The van der Waals surface area contributed by atoms with Crippen LogP contribution in [0.15, 0.2) is 12.1 Å². The molecule has 0 saturated heterocycles. The van der Waals surface area contributed by atoms with E-state index in [1.165, 1.54) is 7.11 Å². The Kier molecular flexibility index (Phi) is 2.30. The number of phenolic OH excluding ortho intramolecular Hbond substituents is 1. The Morgan fingerprint density at radius 3 is 2.50 bits per heavy atom. The van der Waals surface area contributed by atoms with Gasteiger partial charge in [0, 0.05) is 5.56 Å². The maximum absolute atomic E-state index is 11.2. The van der Waals surface area contributed by atoms with Crippen LogP contribution in [0.25, 0.3) is 0 Å². The van der Waals surface area contributed by atoms with Crippen molar-refractivity contribution in [3.05, 3.63) is 23.3 Å². The molecule has 0 unspecified atom stereocenters. The van der Waals surface area contributed by atoms with Gasteiger partial charge in [0.05, 0.1) is 12.5 Å². The number of carboxylic acids is 1. The van der Waals surface area contributed by atoms with E-state index >= 15 is 0 Å². The second kappa shape index (κ2) is 3.40. The summed E-state index contributed by atoms with van der Waals surface area (Å²) in [6, 6.07) is 3.41. The quantitative estimate of drug-likeness (QED) is 0.818. The third-order valence-corrected chi connectivity index (χ3v) is 3.11. The highest BCUT2D eigenvalue weighted by molar-refractivity contribution is 5.86. The van der Waals surface area contributed by atoms with E-state index in [4.69, 9.17) is 4.74 Å². The Balaban J connectivity index is 2.57. The fourth-order valence-corrected chi connectivity index (χ4v) is 1.99. The molecule has 1 aromatic carbocycles. The number of hydrogen-bond donors (Lipinski definition) is 2. The third-order valence-electron chi connectivity index (χ3n) is 3.11. The van der Waals surface area contributed by atoms with Gasteiger partial charge >= 0.3 is 5.97 Å². The number of rotatable bonds is 3. The van der Waals surface area contributed by atoms with Crippen LogP contribution < -0.4 is 4.74 Å². The minimum atomic E-state index is -0.899. The van der Waals surface area contributed by atoms with Crippen molar-refractivity contribution >= 4 is 5.97 Å². The lowest BCUT2D eigenvalue weighted by atomic mass is 9.93. The molecule has 0 spiro atoms. The number of methoxy groups -OCH3 is 1. The van der Waals surface area contributed by atoms with Crippen molar-refractivity contribution < 1.29 is 19.7 Å². The minimum absolute atomic E-state index is 0.0481. The second-order valence-electron chi connectivity index (χ2n) is 4.25. The van der Waals surface area contributed by atoms with Crippen LogP contribution in [0.5, 0.6) is 11.5 Å². The first-order valence-electron chi connectivity index (χ1n) is 5.13. The number of ether oxygens (including phenoxy) is 1. The van der Waals surface area contributed by atoms with Gasteiger partial charge in [-0.25, -0.2) is 0 Å². The molecule has 0 amide bonds. The van der Waals surface area contributed by atoms with Crippen LogP contribution in [-0.2, 0) is 10.2 Å². The van der Waals surface area contributed by atoms with Gasteiger partial charge in [0.15, 0.2) is 11.5 Å². The van der Waals surface area contributed by atoms with Crippen LogP contribution in [0.1, 0.15) is 24.0 Å². The highest BCUT2D eigenvalue weighted by atomic mass is 16.5. The van der Waals surface area contributed by atoms with Crippen molar-refractivity contribution in [1.29, 1.82) is 0 Å². The summed E-state index contributed by atoms with van der Waals surface area (Å²) >= 11 is 0. The summed E-state index contributed by atoms with van der Waals surface area (Å²) in [5, 5.41) is 19.1. The van der Waals surface area contributed by atoms with E-state index in [-0.39, 0.29) is 5.75 Å². The Morgan fingerprint density at radius 2 is 2.06 bits per heavy atom. The van der Waals surface area contributed by atoms with Gasteiger partial charge in [-0.3, -0.25) is 4.79 Å². The molecule has 16 heavy (non-hydrogen) atoms. The van der Waals surface area contributed by atoms with Gasteiger partial charge in [0.2, 0.25) is 0 Å². The molecule has 1 aliphatic carbocycles. The van der Waals surface area contributed by atoms with E-state index < -0.39 is 11.4 Å². The molecule has 4 nitrogen and oxygen atoms in total. The molecule has 0 heterocycles. The Bertz CT molecular complexity index is 447. The zero-order chi connectivity index (χ0) is 11.9. The number of aliphatic carboxylic acids is 1. The summed E-state index contributed by atoms with van der Waals surface area (Å²) in [4.78, 5) is 11.2. The van der Waals surface area contributed by atoms with Crippen molar-refractivity contribution in [1.82, 2.24) is 0 Å². The largest absolute Gasteiger partial charge is 0.504 e. The van der Waals surface area contributed by atoms with Crippen LogP contribution >= 0.6 is 0 Å². The summed E-state index contributed by atoms with van der Waals surface area (Å²) in [5.74, 6) is -0.592. The minimum Gasteiger partial charge on any atom is -0.504 e. The Labute approximate surface area is 93.5 Å². The average Bonchev–Trinajstić information content (AvgIpc) is 3.02. The number of hydrogen-bond acceptors (Lipinski definition) is 3. The van der Waals surface area contributed by atoms with Crippen molar-refractivity contribution in [3.8, 4) is 11.5 Å². The topological polar surface area (TPSA) is 66.8 Å². The van der Waals surface area contributed by atoms with Crippen molar-refractivity contribution in [2.75, 3.05) is 7.11 Å². The second-order valence-corrected chi connectivity index (χ2v) is 4.25. The number of aryl methyl sites for hydroxylation is 1. The molecular formula is C12H14O4. The fraction of sp³-hybridized carbons (Fsp3) is 0.417. The van der Waals surface area contributed by atoms with Crippen LogP contribution in [-0.4, -0.2) is 23.3 Å². The van der Waals surface area contributed by atoms with E-state index in [9.17, 15) is 15.0 Å². The molecule has 86 valence electrons. The highest BCUT2D eigenvalue weighted by Gasteiger charge is 2.53. The predicted octanol–water partition coefficient (Wildman–Crippen LogP) is 1.83. The lowest BCUT2D eigenvalue weighted by Crippen LogP contribution is -2.19. The number of benzene rings is 1. The van der Waals surface area contributed by atoms with E-state index in [0.717, 1.165) is 5.56 Å². The standard InChI is InChI=1S/C12H14O4/c1-7-5-8(10(13)9(6-7)16-2)12(3-4-12)11(14)15/h5-6,13H,3-4H2,1-2H3,(H,14,15). The number of phenols is 1. The molecule has 1 saturated carbocycles. The van der Waals surface area contributed by atoms with Gasteiger partial charge in [0.25, 0.3) is 0 Å². The summed E-state index contributed by atoms with van der Waals surface area (Å²) < 4.78 is 5.03. The zero-order valence-electron chi connectivity index (χ0n) is 9.28. The molecule has 0 atom stereocenters. The van der Waals surface area contributed by atoms with Gasteiger partial charge in [-0.15, -0.1) is 0 Å². The Hall–Kier alpha value is -1.71. The van der Waals surface area contributed by atoms with Gasteiger partial charge < -0.3 is 14.9 Å². The number of aromatic hydroxyl groups is 1. The van der Waals surface area contributed by atoms with Crippen molar-refractivity contribution in [2.24, 2.45) is 0 Å². The highest BCUT2D eigenvalue weighted by Crippen LogP contribution is 2.53. The molecule has 2 rings (SSSR count). The maximum Gasteiger partial charge on any atom is 0.314 e. The van der Waals surface area contributed by atoms with E-state index in [2.05, 4.69) is 0 Å². The molecule has 0 aliphatic heterocycles. The monoisotopic (exact) mass is 222 g/mol. The molecule has 2 N–H and O–H groups in total. The van der Waals surface area contributed by atoms with Crippen LogP contribution in [0.3, 0.4) is 0 Å². The predicted molar refractivity (Wildman–Crippen MR) is 57.9 cm³/mol. The Morgan fingerprint density at radius 1 is 1.44 bits per heavy atom. The molecule has 1 aliphatic rings. The average molecular weight is 222 g/mol. The molecule has 0 radical (unpaired) electrons. The summed E-state index contributed by atoms with van der Waals surface area (Å²) in [5.41, 5.74) is 0.456. The van der Waals surface area contributed by atoms with Crippen LogP contribution in [0, 0.1) is 6.92 Å². The lowest BCUT2D eigenvalue weighted by molar-refractivity contribution is -0.140. The molecule has 0 aromatic heterocycles. The molecule has 0 bridgehead atoms. The first-order chi connectivity index (χ1) is 7.51. The van der Waals surface area contributed by atoms with E-state index in [1.807, 2.05) is 6.92 Å². The molecule has 1 aromatic rings. The summed E-state index contributed by atoms with van der Waals surface area (Å²) in [6.45, 7) is 1.85. The molecule has 4 heteroatoms. The SMILES string of the molecule is COc1cc(C)cc(C2(C(=O)O)CC2)c1O. The van der Waals surface area contributed by atoms with Gasteiger partial charge in [-0.2, -0.15) is 0 Å². The van der Waals surface area contributed by atoms with Gasteiger partial charge in [-0.1, -0.05) is 6.07 Å². The number of carbonyl (C=O) groups is 1. The van der Waals surface area contributed by atoms with Crippen molar-refractivity contribution in [3.63, 3.8) is 0 Å². The van der Waals surface area contributed by atoms with Crippen LogP contribution in [0.2, 0.25) is 0 Å². The molecular weight excluding hydrogens is 208 g/mol. The number of carboxylic acid groups (broad SMARTS) is 1. The maximum atomic E-state index is 11.2. The third kappa shape index (κ3) is 1.41. The summed E-state index contributed by atoms with van der Waals surface area (Å²) in [7, 11) is 1.46. The van der Waals surface area contributed by atoms with E-state index in [1.54, 1.807) is 12.1 Å². The van der Waals surface area contributed by atoms with Crippen molar-refractivity contribution in [2.45, 2.75) is 25.2 Å².